The lowest BCUT2D eigenvalue weighted by Gasteiger charge is -2.17. The molecule has 2 aromatic heterocycles. The molecule has 1 aromatic carbocycles. The fourth-order valence-corrected chi connectivity index (χ4v) is 4.10. The molecule has 0 spiro atoms. The standard InChI is InChI=1S/C17H15FN2O3S2/c1-17(2,15(22)23)8-25-16-19-13(21)12-11(7-24-14(12)20-16)9-3-5-10(18)6-4-9/h3-7H,8H2,1-2H3,(H,22,23)(H,19,20,21). The molecule has 8 heteroatoms. The number of fused-ring (bicyclic) bond motifs is 1. The van der Waals surface area contributed by atoms with E-state index in [0.29, 0.717) is 20.9 Å². The van der Waals surface area contributed by atoms with Crippen molar-refractivity contribution >= 4 is 39.3 Å². The van der Waals surface area contributed by atoms with E-state index in [9.17, 15) is 14.0 Å². The van der Waals surface area contributed by atoms with Gasteiger partial charge in [0.05, 0.1) is 10.8 Å². The third kappa shape index (κ3) is 3.59. The maximum Gasteiger partial charge on any atom is 0.309 e. The molecule has 25 heavy (non-hydrogen) atoms. The number of benzene rings is 1. The SMILES string of the molecule is CC(C)(CSc1nc2scc(-c3ccc(F)cc3)c2c(=O)[nH]1)C(=O)O. The molecule has 130 valence electrons. The Balaban J connectivity index is 1.95. The Bertz CT molecular complexity index is 993. The number of aromatic nitrogens is 2. The zero-order valence-electron chi connectivity index (χ0n) is 13.5. The van der Waals surface area contributed by atoms with Gasteiger partial charge < -0.3 is 10.1 Å². The maximum atomic E-state index is 13.1. The molecule has 3 aromatic rings. The van der Waals surface area contributed by atoms with Crippen LogP contribution < -0.4 is 5.56 Å². The normalized spacial score (nSPS) is 11.8. The number of carbonyl (C=O) groups is 1. The Morgan fingerprint density at radius 2 is 2.04 bits per heavy atom. The van der Waals surface area contributed by atoms with Crippen molar-refractivity contribution in [2.75, 3.05) is 5.75 Å². The number of nitrogens with one attached hydrogen (secondary N) is 1. The highest BCUT2D eigenvalue weighted by atomic mass is 32.2. The zero-order valence-corrected chi connectivity index (χ0v) is 15.1. The number of halogens is 1. The number of thioether (sulfide) groups is 1. The van der Waals surface area contributed by atoms with Crippen LogP contribution in [-0.2, 0) is 4.79 Å². The molecule has 0 fully saturated rings. The first-order chi connectivity index (χ1) is 11.8. The van der Waals surface area contributed by atoms with Crippen LogP contribution in [0.5, 0.6) is 0 Å². The van der Waals surface area contributed by atoms with E-state index in [1.807, 2.05) is 5.38 Å². The van der Waals surface area contributed by atoms with Gasteiger partial charge in [-0.2, -0.15) is 0 Å². The zero-order chi connectivity index (χ0) is 18.2. The van der Waals surface area contributed by atoms with Gasteiger partial charge in [0.15, 0.2) is 5.16 Å². The van der Waals surface area contributed by atoms with E-state index in [0.717, 1.165) is 5.56 Å². The molecule has 5 nitrogen and oxygen atoms in total. The van der Waals surface area contributed by atoms with Crippen molar-refractivity contribution in [3.05, 3.63) is 45.8 Å². The summed E-state index contributed by atoms with van der Waals surface area (Å²) in [6.07, 6.45) is 0. The van der Waals surface area contributed by atoms with Crippen LogP contribution in [0, 0.1) is 11.2 Å². The highest BCUT2D eigenvalue weighted by Gasteiger charge is 2.27. The number of aliphatic carboxylic acids is 1. The first kappa shape index (κ1) is 17.6. The smallest absolute Gasteiger partial charge is 0.309 e. The Hall–Kier alpha value is -2.19. The maximum absolute atomic E-state index is 13.1. The van der Waals surface area contributed by atoms with E-state index in [1.54, 1.807) is 26.0 Å². The minimum absolute atomic E-state index is 0.285. The van der Waals surface area contributed by atoms with Crippen LogP contribution >= 0.6 is 23.1 Å². The first-order valence-corrected chi connectivity index (χ1v) is 9.28. The van der Waals surface area contributed by atoms with Crippen molar-refractivity contribution in [2.45, 2.75) is 19.0 Å². The molecule has 0 aliphatic heterocycles. The van der Waals surface area contributed by atoms with Crippen molar-refractivity contribution in [3.63, 3.8) is 0 Å². The number of carboxylic acids is 1. The Labute approximate surface area is 150 Å². The monoisotopic (exact) mass is 378 g/mol. The minimum Gasteiger partial charge on any atom is -0.481 e. The molecule has 0 unspecified atom stereocenters. The second-order valence-corrected chi connectivity index (χ2v) is 8.01. The van der Waals surface area contributed by atoms with Gasteiger partial charge in [-0.05, 0) is 31.5 Å². The van der Waals surface area contributed by atoms with Gasteiger partial charge in [0, 0.05) is 16.7 Å². The summed E-state index contributed by atoms with van der Waals surface area (Å²) in [5, 5.41) is 11.8. The summed E-state index contributed by atoms with van der Waals surface area (Å²) in [5.74, 6) is -0.958. The highest BCUT2D eigenvalue weighted by Crippen LogP contribution is 2.32. The Morgan fingerprint density at radius 1 is 1.36 bits per heavy atom. The number of H-pyrrole nitrogens is 1. The molecule has 0 saturated heterocycles. The number of hydrogen-bond acceptors (Lipinski definition) is 5. The molecule has 0 aliphatic rings. The molecule has 0 bridgehead atoms. The number of hydrogen-bond donors (Lipinski definition) is 2. The molecule has 2 heterocycles. The van der Waals surface area contributed by atoms with Gasteiger partial charge in [0.25, 0.3) is 5.56 Å². The first-order valence-electron chi connectivity index (χ1n) is 7.41. The lowest BCUT2D eigenvalue weighted by atomic mass is 9.97. The lowest BCUT2D eigenvalue weighted by Crippen LogP contribution is -2.26. The van der Waals surface area contributed by atoms with Gasteiger partial charge in [-0.1, -0.05) is 23.9 Å². The quantitative estimate of drug-likeness (QED) is 0.518. The summed E-state index contributed by atoms with van der Waals surface area (Å²) >= 11 is 2.53. The number of nitrogens with zero attached hydrogens (tertiary/aromatic N) is 1. The van der Waals surface area contributed by atoms with Gasteiger partial charge >= 0.3 is 5.97 Å². The summed E-state index contributed by atoms with van der Waals surface area (Å²) < 4.78 is 13.1. The van der Waals surface area contributed by atoms with Crippen molar-refractivity contribution in [3.8, 4) is 11.1 Å². The van der Waals surface area contributed by atoms with Gasteiger partial charge in [0.1, 0.15) is 10.6 Å². The van der Waals surface area contributed by atoms with Crippen molar-refractivity contribution < 1.29 is 14.3 Å². The van der Waals surface area contributed by atoms with Crippen molar-refractivity contribution in [1.82, 2.24) is 9.97 Å². The van der Waals surface area contributed by atoms with E-state index in [-0.39, 0.29) is 17.1 Å². The third-order valence-electron chi connectivity index (χ3n) is 3.73. The average Bonchev–Trinajstić information content (AvgIpc) is 2.98. The fourth-order valence-electron chi connectivity index (χ4n) is 2.15. The van der Waals surface area contributed by atoms with Crippen LogP contribution in [0.1, 0.15) is 13.8 Å². The predicted octanol–water partition coefficient (Wildman–Crippen LogP) is 3.99. The number of carboxylic acid groups (broad SMARTS) is 1. The van der Waals surface area contributed by atoms with Crippen LogP contribution in [0.15, 0.2) is 39.6 Å². The lowest BCUT2D eigenvalue weighted by molar-refractivity contribution is -0.145. The van der Waals surface area contributed by atoms with Crippen molar-refractivity contribution in [2.24, 2.45) is 5.41 Å². The molecule has 0 aliphatic carbocycles. The summed E-state index contributed by atoms with van der Waals surface area (Å²) in [4.78, 5) is 31.4. The van der Waals surface area contributed by atoms with Crippen LogP contribution in [0.4, 0.5) is 4.39 Å². The third-order valence-corrected chi connectivity index (χ3v) is 5.93. The van der Waals surface area contributed by atoms with Crippen LogP contribution in [0.2, 0.25) is 0 Å². The van der Waals surface area contributed by atoms with Crippen LogP contribution in [-0.4, -0.2) is 26.8 Å². The number of aromatic amines is 1. The summed E-state index contributed by atoms with van der Waals surface area (Å²) in [6, 6.07) is 5.93. The average molecular weight is 378 g/mol. The van der Waals surface area contributed by atoms with Gasteiger partial charge in [0.2, 0.25) is 0 Å². The van der Waals surface area contributed by atoms with Gasteiger partial charge in [-0.3, -0.25) is 9.59 Å². The van der Waals surface area contributed by atoms with Gasteiger partial charge in [-0.15, -0.1) is 11.3 Å². The predicted molar refractivity (Wildman–Crippen MR) is 97.8 cm³/mol. The topological polar surface area (TPSA) is 83.0 Å². The number of thiophene rings is 1. The largest absolute Gasteiger partial charge is 0.481 e. The molecule has 0 amide bonds. The highest BCUT2D eigenvalue weighted by molar-refractivity contribution is 7.99. The van der Waals surface area contributed by atoms with Crippen LogP contribution in [0.25, 0.3) is 21.3 Å². The van der Waals surface area contributed by atoms with E-state index in [2.05, 4.69) is 9.97 Å². The Kier molecular flexibility index (Phi) is 4.66. The molecular weight excluding hydrogens is 363 g/mol. The molecule has 0 radical (unpaired) electrons. The molecule has 3 rings (SSSR count). The molecule has 0 atom stereocenters. The van der Waals surface area contributed by atoms with Gasteiger partial charge in [-0.25, -0.2) is 9.37 Å². The minimum atomic E-state index is -0.924. The fraction of sp³-hybridized carbons (Fsp3) is 0.235. The molecule has 2 N–H and O–H groups in total. The molecular formula is C17H15FN2O3S2. The van der Waals surface area contributed by atoms with E-state index in [1.165, 1.54) is 35.2 Å². The van der Waals surface area contributed by atoms with Crippen LogP contribution in [0.3, 0.4) is 0 Å². The second-order valence-electron chi connectivity index (χ2n) is 6.19. The Morgan fingerprint density at radius 3 is 2.68 bits per heavy atom. The van der Waals surface area contributed by atoms with E-state index < -0.39 is 11.4 Å². The summed E-state index contributed by atoms with van der Waals surface area (Å²) in [7, 11) is 0. The van der Waals surface area contributed by atoms with E-state index >= 15 is 0 Å². The second kappa shape index (κ2) is 6.61. The number of rotatable bonds is 5. The van der Waals surface area contributed by atoms with Crippen molar-refractivity contribution in [1.29, 1.82) is 0 Å². The summed E-state index contributed by atoms with van der Waals surface area (Å²) in [5.41, 5.74) is 0.233. The summed E-state index contributed by atoms with van der Waals surface area (Å²) in [6.45, 7) is 3.24. The molecule has 0 saturated carbocycles. The van der Waals surface area contributed by atoms with E-state index in [4.69, 9.17) is 5.11 Å².